The molecule has 0 aliphatic rings. The molecule has 0 aromatic carbocycles. The largest absolute Gasteiger partial charge is 0.481 e. The molecular formula is C34H61NO5. The number of hydrogen-bond donors (Lipinski definition) is 2. The van der Waals surface area contributed by atoms with Crippen molar-refractivity contribution in [3.8, 4) is 0 Å². The van der Waals surface area contributed by atoms with Crippen LogP contribution in [0.5, 0.6) is 0 Å². The molecule has 0 bridgehead atoms. The Bertz CT molecular complexity index is 709. The van der Waals surface area contributed by atoms with Crippen LogP contribution in [0.2, 0.25) is 0 Å². The first-order valence-corrected chi connectivity index (χ1v) is 16.0. The number of allylic oxidation sites excluding steroid dienone is 5. The molecule has 6 nitrogen and oxygen atoms in total. The molecular weight excluding hydrogens is 502 g/mol. The summed E-state index contributed by atoms with van der Waals surface area (Å²) in [7, 11) is 0. The molecule has 0 saturated heterocycles. The molecule has 1 unspecified atom stereocenters. The number of hydrogen-bond acceptors (Lipinski definition) is 4. The molecule has 0 saturated carbocycles. The van der Waals surface area contributed by atoms with Crippen LogP contribution in [0.25, 0.3) is 0 Å². The molecule has 232 valence electrons. The second kappa shape index (κ2) is 28.4. The van der Waals surface area contributed by atoms with Gasteiger partial charge in [-0.25, -0.2) is 4.79 Å². The van der Waals surface area contributed by atoms with E-state index in [4.69, 9.17) is 14.6 Å². The highest BCUT2D eigenvalue weighted by molar-refractivity contribution is 5.68. The number of carbonyl (C=O) groups is 2. The molecule has 2 N–H and O–H groups in total. The van der Waals surface area contributed by atoms with Gasteiger partial charge in [-0.2, -0.15) is 0 Å². The average molecular weight is 564 g/mol. The van der Waals surface area contributed by atoms with Gasteiger partial charge in [0.2, 0.25) is 0 Å². The third-order valence-electron chi connectivity index (χ3n) is 6.86. The van der Waals surface area contributed by atoms with Crippen LogP contribution in [0.15, 0.2) is 35.5 Å². The standard InChI is InChI=1S/C34H61NO5/c1-5-6-7-8-9-10-11-12-13-14-15-16-17-18-19-20-27-35-34(38)40-32(24-25-33(36)37)29-39-28-26-31(4)23-21-22-30(2)3/h12-13,22,26,32H,5-11,14-21,23-25,27-29H2,1-4H3,(H,35,38)(H,36,37). The molecule has 0 rings (SSSR count). The number of carboxylic acids is 1. The molecule has 0 spiro atoms. The van der Waals surface area contributed by atoms with Gasteiger partial charge in [0.05, 0.1) is 13.2 Å². The van der Waals surface area contributed by atoms with Crippen LogP contribution in [-0.4, -0.2) is 43.0 Å². The summed E-state index contributed by atoms with van der Waals surface area (Å²) < 4.78 is 11.1. The van der Waals surface area contributed by atoms with Crippen molar-refractivity contribution >= 4 is 12.1 Å². The SMILES string of the molecule is CCCCCCCCC=CCCCCCCCCNC(=O)OC(CCC(=O)O)COCC=C(C)CCC=C(C)C. The molecule has 0 fully saturated rings. The Morgan fingerprint density at radius 3 is 1.98 bits per heavy atom. The number of aliphatic carboxylic acids is 1. The van der Waals surface area contributed by atoms with Gasteiger partial charge in [0.1, 0.15) is 6.10 Å². The van der Waals surface area contributed by atoms with Crippen LogP contribution >= 0.6 is 0 Å². The van der Waals surface area contributed by atoms with Gasteiger partial charge in [0, 0.05) is 13.0 Å². The summed E-state index contributed by atoms with van der Waals surface area (Å²) in [6.45, 7) is 9.70. The molecule has 40 heavy (non-hydrogen) atoms. The maximum atomic E-state index is 12.2. The van der Waals surface area contributed by atoms with Crippen molar-refractivity contribution in [2.45, 2.75) is 149 Å². The second-order valence-corrected chi connectivity index (χ2v) is 11.2. The summed E-state index contributed by atoms with van der Waals surface area (Å²) in [5, 5.41) is 11.8. The van der Waals surface area contributed by atoms with Crippen molar-refractivity contribution in [3.05, 3.63) is 35.5 Å². The van der Waals surface area contributed by atoms with Crippen molar-refractivity contribution in [1.82, 2.24) is 5.32 Å². The highest BCUT2D eigenvalue weighted by Gasteiger charge is 2.16. The summed E-state index contributed by atoms with van der Waals surface area (Å²) in [4.78, 5) is 23.2. The first-order valence-electron chi connectivity index (χ1n) is 16.0. The van der Waals surface area contributed by atoms with Gasteiger partial charge in [-0.15, -0.1) is 0 Å². The second-order valence-electron chi connectivity index (χ2n) is 11.2. The minimum Gasteiger partial charge on any atom is -0.481 e. The Morgan fingerprint density at radius 1 is 0.775 bits per heavy atom. The lowest BCUT2D eigenvalue weighted by atomic mass is 10.1. The van der Waals surface area contributed by atoms with Gasteiger partial charge in [0.25, 0.3) is 0 Å². The lowest BCUT2D eigenvalue weighted by molar-refractivity contribution is -0.137. The zero-order chi connectivity index (χ0) is 29.7. The Morgan fingerprint density at radius 2 is 1.38 bits per heavy atom. The molecule has 6 heteroatoms. The fourth-order valence-electron chi connectivity index (χ4n) is 4.31. The Balaban J connectivity index is 3.89. The number of rotatable bonds is 27. The van der Waals surface area contributed by atoms with E-state index in [0.29, 0.717) is 13.2 Å². The predicted octanol–water partition coefficient (Wildman–Crippen LogP) is 9.69. The number of ether oxygens (including phenoxy) is 2. The first kappa shape index (κ1) is 37.9. The molecule has 1 atom stereocenters. The minimum absolute atomic E-state index is 0.0617. The fourth-order valence-corrected chi connectivity index (χ4v) is 4.31. The lowest BCUT2D eigenvalue weighted by Gasteiger charge is -2.17. The maximum Gasteiger partial charge on any atom is 0.407 e. The van der Waals surface area contributed by atoms with Gasteiger partial charge in [-0.3, -0.25) is 4.79 Å². The van der Waals surface area contributed by atoms with Crippen LogP contribution in [0.1, 0.15) is 143 Å². The molecule has 1 amide bonds. The number of alkyl carbamates (subject to hydrolysis) is 1. The van der Waals surface area contributed by atoms with Crippen LogP contribution in [0.3, 0.4) is 0 Å². The van der Waals surface area contributed by atoms with Gasteiger partial charge < -0.3 is 19.9 Å². The van der Waals surface area contributed by atoms with Crippen molar-refractivity contribution in [2.75, 3.05) is 19.8 Å². The summed E-state index contributed by atoms with van der Waals surface area (Å²) in [6, 6.07) is 0. The Labute approximate surface area is 246 Å². The Kier molecular flexibility index (Phi) is 27.0. The molecule has 0 aromatic heterocycles. The van der Waals surface area contributed by atoms with Gasteiger partial charge >= 0.3 is 12.1 Å². The molecule has 0 aliphatic carbocycles. The predicted molar refractivity (Wildman–Crippen MR) is 168 cm³/mol. The number of unbranched alkanes of at least 4 members (excludes halogenated alkanes) is 12. The van der Waals surface area contributed by atoms with Crippen LogP contribution in [0, 0.1) is 0 Å². The number of carbonyl (C=O) groups excluding carboxylic acids is 1. The van der Waals surface area contributed by atoms with E-state index in [2.05, 4.69) is 51.2 Å². The monoisotopic (exact) mass is 563 g/mol. The van der Waals surface area contributed by atoms with E-state index in [0.717, 1.165) is 25.7 Å². The molecule has 0 radical (unpaired) electrons. The molecule has 0 heterocycles. The quantitative estimate of drug-likeness (QED) is 0.0767. The summed E-state index contributed by atoms with van der Waals surface area (Å²) in [5.41, 5.74) is 2.56. The van der Waals surface area contributed by atoms with Crippen molar-refractivity contribution in [2.24, 2.45) is 0 Å². The van der Waals surface area contributed by atoms with Crippen molar-refractivity contribution < 1.29 is 24.2 Å². The van der Waals surface area contributed by atoms with E-state index < -0.39 is 18.2 Å². The maximum absolute atomic E-state index is 12.2. The van der Waals surface area contributed by atoms with Gasteiger partial charge in [0.15, 0.2) is 0 Å². The summed E-state index contributed by atoms with van der Waals surface area (Å²) in [6.07, 6.45) is 27.5. The minimum atomic E-state index is -0.909. The summed E-state index contributed by atoms with van der Waals surface area (Å²) in [5.74, 6) is -0.909. The zero-order valence-electron chi connectivity index (χ0n) is 26.3. The fraction of sp³-hybridized carbons (Fsp3) is 0.765. The third kappa shape index (κ3) is 28.9. The number of amides is 1. The van der Waals surface area contributed by atoms with E-state index >= 15 is 0 Å². The van der Waals surface area contributed by atoms with Crippen LogP contribution < -0.4 is 5.32 Å². The smallest absolute Gasteiger partial charge is 0.407 e. The first-order chi connectivity index (χ1) is 19.3. The molecule has 0 aliphatic heterocycles. The lowest BCUT2D eigenvalue weighted by Crippen LogP contribution is -2.32. The number of carboxylic acid groups (broad SMARTS) is 1. The Hall–Kier alpha value is -2.08. The van der Waals surface area contributed by atoms with Crippen molar-refractivity contribution in [1.29, 1.82) is 0 Å². The number of nitrogens with one attached hydrogen (secondary N) is 1. The highest BCUT2D eigenvalue weighted by atomic mass is 16.6. The van der Waals surface area contributed by atoms with E-state index in [1.807, 2.05) is 6.08 Å². The zero-order valence-corrected chi connectivity index (χ0v) is 26.3. The third-order valence-corrected chi connectivity index (χ3v) is 6.86. The van der Waals surface area contributed by atoms with E-state index in [9.17, 15) is 9.59 Å². The highest BCUT2D eigenvalue weighted by Crippen LogP contribution is 2.11. The van der Waals surface area contributed by atoms with Crippen LogP contribution in [-0.2, 0) is 14.3 Å². The topological polar surface area (TPSA) is 84.9 Å². The normalized spacial score (nSPS) is 12.4. The van der Waals surface area contributed by atoms with Crippen LogP contribution in [0.4, 0.5) is 4.79 Å². The van der Waals surface area contributed by atoms with Gasteiger partial charge in [-0.05, 0) is 72.1 Å². The van der Waals surface area contributed by atoms with Gasteiger partial charge in [-0.1, -0.05) is 100 Å². The van der Waals surface area contributed by atoms with Crippen molar-refractivity contribution in [3.63, 3.8) is 0 Å². The average Bonchev–Trinajstić information content (AvgIpc) is 2.91. The van der Waals surface area contributed by atoms with E-state index in [1.54, 1.807) is 0 Å². The van der Waals surface area contributed by atoms with E-state index in [1.165, 1.54) is 88.2 Å². The van der Waals surface area contributed by atoms with E-state index in [-0.39, 0.29) is 19.4 Å². The summed E-state index contributed by atoms with van der Waals surface area (Å²) >= 11 is 0. The molecule has 0 aromatic rings.